The van der Waals surface area contributed by atoms with Crippen molar-refractivity contribution in [1.29, 1.82) is 0 Å². The molecule has 7 nitrogen and oxygen atoms in total. The first-order chi connectivity index (χ1) is 9.99. The number of halogens is 1. The van der Waals surface area contributed by atoms with Gasteiger partial charge < -0.3 is 21.7 Å². The van der Waals surface area contributed by atoms with Crippen molar-refractivity contribution in [3.8, 4) is 0 Å². The fraction of sp³-hybridized carbons (Fsp3) is 0.308. The fourth-order valence-electron chi connectivity index (χ4n) is 1.94. The van der Waals surface area contributed by atoms with E-state index in [2.05, 4.69) is 16.0 Å². The van der Waals surface area contributed by atoms with E-state index in [9.17, 15) is 18.8 Å². The zero-order valence-corrected chi connectivity index (χ0v) is 11.2. The Balaban J connectivity index is 2.06. The van der Waals surface area contributed by atoms with Gasteiger partial charge in [-0.1, -0.05) is 0 Å². The van der Waals surface area contributed by atoms with Gasteiger partial charge in [-0.15, -0.1) is 0 Å². The van der Waals surface area contributed by atoms with Crippen LogP contribution in [0.5, 0.6) is 0 Å². The molecule has 1 aliphatic rings. The normalized spacial score (nSPS) is 13.1. The molecule has 1 heterocycles. The highest BCUT2D eigenvalue weighted by molar-refractivity contribution is 5.97. The minimum Gasteiger partial charge on any atom is -0.346 e. The molecule has 0 saturated heterocycles. The number of nitrogens with two attached hydrogens (primary N) is 1. The van der Waals surface area contributed by atoms with Crippen LogP contribution in [0, 0.1) is 5.82 Å². The third-order valence-corrected chi connectivity index (χ3v) is 2.99. The van der Waals surface area contributed by atoms with Crippen LogP contribution in [0.3, 0.4) is 0 Å². The van der Waals surface area contributed by atoms with Crippen molar-refractivity contribution in [3.63, 3.8) is 0 Å². The van der Waals surface area contributed by atoms with Gasteiger partial charge in [0.15, 0.2) is 0 Å². The zero-order valence-electron chi connectivity index (χ0n) is 11.2. The summed E-state index contributed by atoms with van der Waals surface area (Å²) < 4.78 is 13.9. The molecular weight excluding hydrogens is 279 g/mol. The first-order valence-corrected chi connectivity index (χ1v) is 6.38. The van der Waals surface area contributed by atoms with E-state index in [1.165, 1.54) is 12.1 Å². The third kappa shape index (κ3) is 3.76. The highest BCUT2D eigenvalue weighted by Gasteiger charge is 2.18. The second-order valence-electron chi connectivity index (χ2n) is 4.57. The average Bonchev–Trinajstić information content (AvgIpc) is 2.46. The van der Waals surface area contributed by atoms with Crippen LogP contribution in [0.25, 0.3) is 0 Å². The zero-order chi connectivity index (χ0) is 15.4. The van der Waals surface area contributed by atoms with E-state index in [1.807, 2.05) is 0 Å². The van der Waals surface area contributed by atoms with Crippen molar-refractivity contribution >= 4 is 29.1 Å². The van der Waals surface area contributed by atoms with E-state index in [-0.39, 0.29) is 24.7 Å². The number of hydrogen-bond acceptors (Lipinski definition) is 4. The van der Waals surface area contributed by atoms with E-state index < -0.39 is 17.6 Å². The second-order valence-corrected chi connectivity index (χ2v) is 4.57. The van der Waals surface area contributed by atoms with Crippen LogP contribution >= 0.6 is 0 Å². The lowest BCUT2D eigenvalue weighted by atomic mass is 10.0. The first kappa shape index (κ1) is 14.9. The van der Waals surface area contributed by atoms with Crippen molar-refractivity contribution in [2.45, 2.75) is 12.8 Å². The molecule has 2 rings (SSSR count). The summed E-state index contributed by atoms with van der Waals surface area (Å²) in [4.78, 5) is 33.8. The van der Waals surface area contributed by atoms with Crippen LogP contribution in [0.2, 0.25) is 0 Å². The molecule has 0 aliphatic carbocycles. The summed E-state index contributed by atoms with van der Waals surface area (Å²) in [5.74, 6) is -1.81. The molecule has 0 unspecified atom stereocenters. The van der Waals surface area contributed by atoms with Crippen LogP contribution < -0.4 is 21.7 Å². The second kappa shape index (κ2) is 6.31. The highest BCUT2D eigenvalue weighted by Crippen LogP contribution is 2.28. The number of hydrogen-bond donors (Lipinski definition) is 4. The van der Waals surface area contributed by atoms with Gasteiger partial charge in [-0.2, -0.15) is 0 Å². The Labute approximate surface area is 120 Å². The number of rotatable bonds is 4. The van der Waals surface area contributed by atoms with Gasteiger partial charge in [-0.3, -0.25) is 14.4 Å². The molecule has 21 heavy (non-hydrogen) atoms. The molecular formula is C13H15FN4O3. The maximum absolute atomic E-state index is 13.9. The fourth-order valence-corrected chi connectivity index (χ4v) is 1.94. The van der Waals surface area contributed by atoms with Crippen LogP contribution in [0.15, 0.2) is 12.1 Å². The molecule has 0 bridgehead atoms. The number of aryl methyl sites for hydroxylation is 1. The van der Waals surface area contributed by atoms with Gasteiger partial charge in [0.1, 0.15) is 5.82 Å². The van der Waals surface area contributed by atoms with E-state index >= 15 is 0 Å². The van der Waals surface area contributed by atoms with E-state index in [0.717, 1.165) is 0 Å². The molecule has 0 atom stereocenters. The molecule has 1 aromatic rings. The number of carbonyl (C=O) groups excluding carboxylic acids is 3. The van der Waals surface area contributed by atoms with Gasteiger partial charge in [0.2, 0.25) is 17.7 Å². The molecule has 0 aromatic heterocycles. The van der Waals surface area contributed by atoms with Crippen LogP contribution in [-0.4, -0.2) is 30.8 Å². The summed E-state index contributed by atoms with van der Waals surface area (Å²) in [7, 11) is 0. The van der Waals surface area contributed by atoms with Gasteiger partial charge in [0.05, 0.1) is 18.8 Å². The smallest absolute Gasteiger partial charge is 0.243 e. The minimum absolute atomic E-state index is 0.0528. The summed E-state index contributed by atoms with van der Waals surface area (Å²) in [6, 6.07) is 2.65. The van der Waals surface area contributed by atoms with Crippen LogP contribution in [0.4, 0.5) is 15.8 Å². The van der Waals surface area contributed by atoms with Crippen LogP contribution in [0.1, 0.15) is 12.0 Å². The van der Waals surface area contributed by atoms with Crippen molar-refractivity contribution in [2.24, 2.45) is 5.73 Å². The molecule has 3 amide bonds. The Bertz CT molecular complexity index is 603. The number of anilines is 2. The maximum Gasteiger partial charge on any atom is 0.243 e. The monoisotopic (exact) mass is 294 g/mol. The summed E-state index contributed by atoms with van der Waals surface area (Å²) in [5, 5.41) is 7.22. The maximum atomic E-state index is 13.9. The van der Waals surface area contributed by atoms with E-state index in [0.29, 0.717) is 24.1 Å². The topological polar surface area (TPSA) is 113 Å². The Morgan fingerprint density at radius 1 is 1.29 bits per heavy atom. The molecule has 1 aromatic carbocycles. The van der Waals surface area contributed by atoms with Crippen molar-refractivity contribution < 1.29 is 18.8 Å². The SMILES string of the molecule is NCC(=O)NCC(=O)Nc1cc2c(cc1F)CCC(=O)N2. The lowest BCUT2D eigenvalue weighted by molar-refractivity contribution is -0.123. The number of carbonyl (C=O) groups is 3. The van der Waals surface area contributed by atoms with Crippen molar-refractivity contribution in [1.82, 2.24) is 5.32 Å². The Kier molecular flexibility index (Phi) is 4.49. The molecule has 0 spiro atoms. The lowest BCUT2D eigenvalue weighted by Gasteiger charge is -2.18. The highest BCUT2D eigenvalue weighted by atomic mass is 19.1. The van der Waals surface area contributed by atoms with Gasteiger partial charge in [-0.25, -0.2) is 4.39 Å². The van der Waals surface area contributed by atoms with Gasteiger partial charge in [0, 0.05) is 12.1 Å². The molecule has 8 heteroatoms. The summed E-state index contributed by atoms with van der Waals surface area (Å²) in [6.45, 7) is -0.536. The quantitative estimate of drug-likeness (QED) is 0.612. The van der Waals surface area contributed by atoms with Gasteiger partial charge in [-0.05, 0) is 24.1 Å². The third-order valence-electron chi connectivity index (χ3n) is 2.99. The summed E-state index contributed by atoms with van der Waals surface area (Å²) in [6.07, 6.45) is 0.766. The molecule has 0 saturated carbocycles. The Morgan fingerprint density at radius 2 is 2.05 bits per heavy atom. The average molecular weight is 294 g/mol. The molecule has 0 fully saturated rings. The first-order valence-electron chi connectivity index (χ1n) is 6.38. The van der Waals surface area contributed by atoms with Crippen LogP contribution in [-0.2, 0) is 20.8 Å². The molecule has 0 radical (unpaired) electrons. The van der Waals surface area contributed by atoms with Gasteiger partial charge in [0.25, 0.3) is 0 Å². The molecule has 5 N–H and O–H groups in total. The molecule has 112 valence electrons. The Hall–Kier alpha value is -2.48. The van der Waals surface area contributed by atoms with Crippen molar-refractivity contribution in [2.75, 3.05) is 23.7 Å². The van der Waals surface area contributed by atoms with Crippen molar-refractivity contribution in [3.05, 3.63) is 23.5 Å². The van der Waals surface area contributed by atoms with E-state index in [1.54, 1.807) is 0 Å². The largest absolute Gasteiger partial charge is 0.346 e. The molecule has 1 aliphatic heterocycles. The summed E-state index contributed by atoms with van der Waals surface area (Å²) in [5.41, 5.74) is 6.19. The number of fused-ring (bicyclic) bond motifs is 1. The standard InChI is InChI=1S/C13H15FN4O3/c14-8-3-7-1-2-11(19)17-9(7)4-10(8)18-13(21)6-16-12(20)5-15/h3-4H,1-2,5-6,15H2,(H,16,20)(H,17,19)(H,18,21). The number of amides is 3. The predicted octanol–water partition coefficient (Wildman–Crippen LogP) is -0.276. The Morgan fingerprint density at radius 3 is 2.76 bits per heavy atom. The van der Waals surface area contributed by atoms with E-state index in [4.69, 9.17) is 5.73 Å². The lowest BCUT2D eigenvalue weighted by Crippen LogP contribution is -2.36. The number of benzene rings is 1. The number of nitrogens with one attached hydrogen (secondary N) is 3. The summed E-state index contributed by atoms with van der Waals surface area (Å²) >= 11 is 0. The minimum atomic E-state index is -0.594. The van der Waals surface area contributed by atoms with Gasteiger partial charge >= 0.3 is 0 Å². The predicted molar refractivity (Wildman–Crippen MR) is 74.0 cm³/mol.